The second kappa shape index (κ2) is 5.99. The first kappa shape index (κ1) is 13.1. The van der Waals surface area contributed by atoms with Crippen LogP contribution in [0, 0.1) is 5.92 Å². The number of fused-ring (bicyclic) bond motifs is 1. The van der Waals surface area contributed by atoms with E-state index in [0.29, 0.717) is 19.5 Å². The summed E-state index contributed by atoms with van der Waals surface area (Å²) >= 11 is 0. The molecule has 100 valence electrons. The molecule has 0 saturated heterocycles. The highest BCUT2D eigenvalue weighted by Gasteiger charge is 2.19. The second-order valence-corrected chi connectivity index (χ2v) is 4.49. The fraction of sp³-hybridized carbons (Fsp3) is 0.583. The number of nitrogens with one attached hydrogen (secondary N) is 1. The van der Waals surface area contributed by atoms with Crippen LogP contribution in [0.1, 0.15) is 18.1 Å². The van der Waals surface area contributed by atoms with Crippen LogP contribution in [-0.2, 0) is 6.54 Å². The molecular formula is C12H19N3O3. The molecule has 2 atom stereocenters. The highest BCUT2D eigenvalue weighted by Crippen LogP contribution is 2.27. The maximum Gasteiger partial charge on any atom is 0.117 e. The number of hydrogen-bond acceptors (Lipinski definition) is 5. The minimum Gasteiger partial charge on any atom is -0.396 e. The van der Waals surface area contributed by atoms with E-state index >= 15 is 0 Å². The molecule has 0 aliphatic carbocycles. The van der Waals surface area contributed by atoms with Gasteiger partial charge in [-0.05, 0) is 12.5 Å². The summed E-state index contributed by atoms with van der Waals surface area (Å²) in [5.74, 6) is 0.811. The van der Waals surface area contributed by atoms with Crippen molar-refractivity contribution in [1.29, 1.82) is 0 Å². The third-order valence-electron chi connectivity index (χ3n) is 3.18. The Morgan fingerprint density at radius 3 is 3.06 bits per heavy atom. The number of hydrogen-bond donors (Lipinski definition) is 4. The van der Waals surface area contributed by atoms with Crippen LogP contribution in [0.4, 0.5) is 5.82 Å². The van der Waals surface area contributed by atoms with Crippen LogP contribution in [0.15, 0.2) is 17.3 Å². The van der Waals surface area contributed by atoms with E-state index in [1.807, 2.05) is 16.8 Å². The minimum absolute atomic E-state index is 0.00522. The number of aliphatic hydroxyl groups is 3. The summed E-state index contributed by atoms with van der Waals surface area (Å²) in [5, 5.41) is 31.1. The molecule has 0 spiro atoms. The Bertz CT molecular complexity index is 417. The Kier molecular flexibility index (Phi) is 4.35. The van der Waals surface area contributed by atoms with Crippen molar-refractivity contribution < 1.29 is 15.3 Å². The van der Waals surface area contributed by atoms with Crippen molar-refractivity contribution in [3.63, 3.8) is 0 Å². The molecule has 1 aromatic heterocycles. The topological polar surface area (TPSA) is 90.0 Å². The van der Waals surface area contributed by atoms with E-state index < -0.39 is 6.10 Å². The lowest BCUT2D eigenvalue weighted by molar-refractivity contribution is 0.170. The van der Waals surface area contributed by atoms with Crippen LogP contribution in [0.2, 0.25) is 0 Å². The van der Waals surface area contributed by atoms with Gasteiger partial charge in [0.1, 0.15) is 11.9 Å². The standard InChI is InChI=1S/C12H19N3O3/c16-4-2-9(7-17)6-15-3-1-10-11(18)5-13-8-14-12(10)15/h1,3,8-9,11,16-18H,2,4-7H2,(H,13,14)/t9-,11?/m1/s1. The van der Waals surface area contributed by atoms with Crippen LogP contribution >= 0.6 is 0 Å². The zero-order valence-electron chi connectivity index (χ0n) is 10.2. The van der Waals surface area contributed by atoms with Crippen LogP contribution < -0.4 is 5.32 Å². The molecule has 1 aromatic rings. The van der Waals surface area contributed by atoms with Gasteiger partial charge < -0.3 is 25.2 Å². The van der Waals surface area contributed by atoms with Gasteiger partial charge in [-0.15, -0.1) is 0 Å². The number of aliphatic hydroxyl groups excluding tert-OH is 3. The van der Waals surface area contributed by atoms with Gasteiger partial charge in [-0.2, -0.15) is 0 Å². The molecule has 6 nitrogen and oxygen atoms in total. The first-order valence-corrected chi connectivity index (χ1v) is 6.10. The Labute approximate surface area is 106 Å². The molecule has 0 fully saturated rings. The molecule has 6 heteroatoms. The van der Waals surface area contributed by atoms with Gasteiger partial charge in [-0.3, -0.25) is 4.99 Å². The number of aromatic nitrogens is 1. The largest absolute Gasteiger partial charge is 0.396 e. The van der Waals surface area contributed by atoms with Gasteiger partial charge in [0, 0.05) is 37.4 Å². The Morgan fingerprint density at radius 2 is 2.33 bits per heavy atom. The molecule has 0 bridgehead atoms. The van der Waals surface area contributed by atoms with Crippen LogP contribution in [0.25, 0.3) is 0 Å². The minimum atomic E-state index is -0.599. The fourth-order valence-electron chi connectivity index (χ4n) is 2.14. The molecule has 18 heavy (non-hydrogen) atoms. The van der Waals surface area contributed by atoms with Crippen molar-refractivity contribution in [3.8, 4) is 0 Å². The molecule has 1 aliphatic rings. The normalized spacial score (nSPS) is 20.1. The number of aliphatic imine (C=N–C) groups is 1. The fourth-order valence-corrected chi connectivity index (χ4v) is 2.14. The highest BCUT2D eigenvalue weighted by atomic mass is 16.3. The number of anilines is 1. The second-order valence-electron chi connectivity index (χ2n) is 4.49. The maximum atomic E-state index is 9.89. The average molecular weight is 253 g/mol. The molecule has 0 aromatic carbocycles. The molecule has 0 radical (unpaired) electrons. The quantitative estimate of drug-likeness (QED) is 0.593. The summed E-state index contributed by atoms with van der Waals surface area (Å²) in [6.07, 6.45) is 3.41. The van der Waals surface area contributed by atoms with Gasteiger partial charge in [-0.1, -0.05) is 0 Å². The molecule has 2 heterocycles. The molecule has 0 amide bonds. The van der Waals surface area contributed by atoms with E-state index in [2.05, 4.69) is 10.3 Å². The summed E-state index contributed by atoms with van der Waals surface area (Å²) in [7, 11) is 0. The van der Waals surface area contributed by atoms with Crippen LogP contribution in [-0.4, -0.2) is 46.0 Å². The molecule has 2 rings (SSSR count). The van der Waals surface area contributed by atoms with E-state index in [4.69, 9.17) is 5.11 Å². The van der Waals surface area contributed by atoms with Crippen LogP contribution in [0.3, 0.4) is 0 Å². The summed E-state index contributed by atoms with van der Waals surface area (Å²) in [6, 6.07) is 1.86. The average Bonchev–Trinajstić information content (AvgIpc) is 2.67. The first-order chi connectivity index (χ1) is 8.76. The first-order valence-electron chi connectivity index (χ1n) is 6.10. The Hall–Kier alpha value is -1.37. The summed E-state index contributed by atoms with van der Waals surface area (Å²) in [4.78, 5) is 4.03. The van der Waals surface area contributed by atoms with E-state index in [-0.39, 0.29) is 19.1 Å². The van der Waals surface area contributed by atoms with Gasteiger partial charge in [0.2, 0.25) is 0 Å². The zero-order valence-corrected chi connectivity index (χ0v) is 10.2. The third kappa shape index (κ3) is 2.72. The SMILES string of the molecule is OCC[C@@H](CO)Cn1ccc2c1NC=NCC2O. The van der Waals surface area contributed by atoms with Gasteiger partial charge in [-0.25, -0.2) is 0 Å². The van der Waals surface area contributed by atoms with Gasteiger partial charge in [0.05, 0.1) is 12.9 Å². The van der Waals surface area contributed by atoms with Crippen molar-refractivity contribution in [2.75, 3.05) is 25.1 Å². The summed E-state index contributed by atoms with van der Waals surface area (Å²) in [5.41, 5.74) is 0.813. The van der Waals surface area contributed by atoms with Crippen molar-refractivity contribution in [1.82, 2.24) is 4.57 Å². The van der Waals surface area contributed by atoms with E-state index in [0.717, 1.165) is 11.4 Å². The molecule has 1 unspecified atom stereocenters. The smallest absolute Gasteiger partial charge is 0.117 e. The van der Waals surface area contributed by atoms with E-state index in [1.54, 1.807) is 6.34 Å². The lowest BCUT2D eigenvalue weighted by Gasteiger charge is -2.17. The summed E-state index contributed by atoms with van der Waals surface area (Å²) < 4.78 is 1.94. The van der Waals surface area contributed by atoms with E-state index in [9.17, 15) is 10.2 Å². The predicted octanol–water partition coefficient (Wildman–Crippen LogP) is -0.0338. The lowest BCUT2D eigenvalue weighted by Crippen LogP contribution is -2.17. The molecule has 4 N–H and O–H groups in total. The van der Waals surface area contributed by atoms with Gasteiger partial charge in [0.15, 0.2) is 0 Å². The molecule has 0 saturated carbocycles. The Balaban J connectivity index is 2.17. The van der Waals surface area contributed by atoms with Gasteiger partial charge in [0.25, 0.3) is 0 Å². The predicted molar refractivity (Wildman–Crippen MR) is 68.7 cm³/mol. The Morgan fingerprint density at radius 1 is 1.50 bits per heavy atom. The van der Waals surface area contributed by atoms with Crippen molar-refractivity contribution in [2.45, 2.75) is 19.1 Å². The zero-order chi connectivity index (χ0) is 13.0. The molecule has 1 aliphatic heterocycles. The van der Waals surface area contributed by atoms with Crippen LogP contribution in [0.5, 0.6) is 0 Å². The summed E-state index contributed by atoms with van der Waals surface area (Å²) in [6.45, 7) is 1.04. The maximum absolute atomic E-state index is 9.89. The van der Waals surface area contributed by atoms with Crippen molar-refractivity contribution in [3.05, 3.63) is 17.8 Å². The van der Waals surface area contributed by atoms with Crippen molar-refractivity contribution >= 4 is 12.2 Å². The molecular weight excluding hydrogens is 234 g/mol. The highest BCUT2D eigenvalue weighted by molar-refractivity contribution is 5.77. The monoisotopic (exact) mass is 253 g/mol. The lowest BCUT2D eigenvalue weighted by atomic mass is 10.1. The van der Waals surface area contributed by atoms with Gasteiger partial charge >= 0.3 is 0 Å². The van der Waals surface area contributed by atoms with E-state index in [1.165, 1.54) is 0 Å². The van der Waals surface area contributed by atoms with Crippen molar-refractivity contribution in [2.24, 2.45) is 10.9 Å². The third-order valence-corrected chi connectivity index (χ3v) is 3.18. The number of rotatable bonds is 5. The number of nitrogens with zero attached hydrogens (tertiary/aromatic N) is 2.